The highest BCUT2D eigenvalue weighted by Gasteiger charge is 1.99. The highest BCUT2D eigenvalue weighted by molar-refractivity contribution is 5.38. The predicted octanol–water partition coefficient (Wildman–Crippen LogP) is 1.47. The first kappa shape index (κ1) is 9.51. The monoisotopic (exact) mass is 179 g/mol. The Kier molecular flexibility index (Phi) is 3.25. The van der Waals surface area contributed by atoms with Crippen molar-refractivity contribution in [1.29, 1.82) is 0 Å². The van der Waals surface area contributed by atoms with Crippen molar-refractivity contribution in [2.24, 2.45) is 0 Å². The highest BCUT2D eigenvalue weighted by atomic mass is 16.5. The first-order valence-corrected chi connectivity index (χ1v) is 4.01. The van der Waals surface area contributed by atoms with Crippen molar-refractivity contribution in [1.82, 2.24) is 9.97 Å². The van der Waals surface area contributed by atoms with Crippen LogP contribution in [0.4, 0.5) is 5.82 Å². The van der Waals surface area contributed by atoms with Crippen LogP contribution >= 0.6 is 0 Å². The van der Waals surface area contributed by atoms with E-state index in [1.807, 2.05) is 6.92 Å². The standard InChI is InChI=1S/C9H13N3O/c1-4-7(2)12-8-5-9(13-3)11-6-10-8/h4-7H,1H2,2-3H3,(H,10,11,12). The van der Waals surface area contributed by atoms with Crippen LogP contribution in [0.15, 0.2) is 25.0 Å². The van der Waals surface area contributed by atoms with Gasteiger partial charge in [-0.05, 0) is 6.92 Å². The second-order valence-corrected chi connectivity index (χ2v) is 2.61. The fraction of sp³-hybridized carbons (Fsp3) is 0.333. The number of aromatic nitrogens is 2. The van der Waals surface area contributed by atoms with Crippen molar-refractivity contribution in [2.75, 3.05) is 12.4 Å². The SMILES string of the molecule is C=CC(C)Nc1cc(OC)ncn1. The van der Waals surface area contributed by atoms with E-state index >= 15 is 0 Å². The van der Waals surface area contributed by atoms with Crippen LogP contribution in [0.2, 0.25) is 0 Å². The average molecular weight is 179 g/mol. The maximum absolute atomic E-state index is 4.95. The molecule has 0 aliphatic carbocycles. The smallest absolute Gasteiger partial charge is 0.218 e. The minimum Gasteiger partial charge on any atom is -0.481 e. The van der Waals surface area contributed by atoms with E-state index in [9.17, 15) is 0 Å². The Morgan fingerprint density at radius 2 is 2.38 bits per heavy atom. The first-order valence-electron chi connectivity index (χ1n) is 4.01. The molecule has 1 N–H and O–H groups in total. The van der Waals surface area contributed by atoms with Crippen molar-refractivity contribution >= 4 is 5.82 Å². The number of hydrogen-bond acceptors (Lipinski definition) is 4. The molecule has 0 radical (unpaired) electrons. The summed E-state index contributed by atoms with van der Waals surface area (Å²) in [5, 5.41) is 3.12. The number of nitrogens with zero attached hydrogens (tertiary/aromatic N) is 2. The van der Waals surface area contributed by atoms with Gasteiger partial charge >= 0.3 is 0 Å². The molecule has 0 aromatic carbocycles. The zero-order valence-electron chi connectivity index (χ0n) is 7.82. The summed E-state index contributed by atoms with van der Waals surface area (Å²) in [6, 6.07) is 1.92. The molecule has 1 unspecified atom stereocenters. The van der Waals surface area contributed by atoms with E-state index in [0.29, 0.717) is 5.88 Å². The Morgan fingerprint density at radius 1 is 1.62 bits per heavy atom. The Labute approximate surface area is 77.7 Å². The van der Waals surface area contributed by atoms with Crippen LogP contribution < -0.4 is 10.1 Å². The van der Waals surface area contributed by atoms with Crippen LogP contribution in [-0.4, -0.2) is 23.1 Å². The van der Waals surface area contributed by atoms with Crippen LogP contribution in [0, 0.1) is 0 Å². The highest BCUT2D eigenvalue weighted by Crippen LogP contribution is 2.10. The average Bonchev–Trinajstić information content (AvgIpc) is 2.18. The number of ether oxygens (including phenoxy) is 1. The van der Waals surface area contributed by atoms with Crippen LogP contribution in [0.25, 0.3) is 0 Å². The lowest BCUT2D eigenvalue weighted by atomic mass is 10.3. The molecular formula is C9H13N3O. The molecule has 70 valence electrons. The lowest BCUT2D eigenvalue weighted by Gasteiger charge is -2.09. The van der Waals surface area contributed by atoms with Gasteiger partial charge in [0.25, 0.3) is 0 Å². The Bertz CT molecular complexity index is 288. The molecule has 1 aromatic heterocycles. The van der Waals surface area contributed by atoms with E-state index in [1.165, 1.54) is 6.33 Å². The Hall–Kier alpha value is -1.58. The van der Waals surface area contributed by atoms with E-state index in [-0.39, 0.29) is 6.04 Å². The number of hydrogen-bond donors (Lipinski definition) is 1. The maximum atomic E-state index is 4.95. The molecule has 1 atom stereocenters. The van der Waals surface area contributed by atoms with Gasteiger partial charge in [0.15, 0.2) is 0 Å². The Balaban J connectivity index is 2.71. The molecule has 1 heterocycles. The summed E-state index contributed by atoms with van der Waals surface area (Å²) in [5.41, 5.74) is 0. The van der Waals surface area contributed by atoms with Crippen molar-refractivity contribution < 1.29 is 4.74 Å². The first-order chi connectivity index (χ1) is 6.26. The number of rotatable bonds is 4. The maximum Gasteiger partial charge on any atom is 0.218 e. The second-order valence-electron chi connectivity index (χ2n) is 2.61. The molecule has 1 aromatic rings. The van der Waals surface area contributed by atoms with Crippen molar-refractivity contribution in [3.8, 4) is 5.88 Å². The molecule has 0 saturated carbocycles. The number of methoxy groups -OCH3 is 1. The zero-order valence-corrected chi connectivity index (χ0v) is 7.82. The normalized spacial score (nSPS) is 11.8. The summed E-state index contributed by atoms with van der Waals surface area (Å²) in [4.78, 5) is 7.92. The number of anilines is 1. The Morgan fingerprint density at radius 3 is 3.00 bits per heavy atom. The van der Waals surface area contributed by atoms with Gasteiger partial charge in [-0.15, -0.1) is 6.58 Å². The third-order valence-corrected chi connectivity index (χ3v) is 1.58. The predicted molar refractivity (Wildman–Crippen MR) is 51.9 cm³/mol. The molecular weight excluding hydrogens is 166 g/mol. The van der Waals surface area contributed by atoms with Gasteiger partial charge in [0.05, 0.1) is 7.11 Å². The summed E-state index contributed by atoms with van der Waals surface area (Å²) < 4.78 is 4.95. The van der Waals surface area contributed by atoms with E-state index in [0.717, 1.165) is 5.82 Å². The van der Waals surface area contributed by atoms with Crippen LogP contribution in [-0.2, 0) is 0 Å². The summed E-state index contributed by atoms with van der Waals surface area (Å²) >= 11 is 0. The molecule has 0 spiro atoms. The molecule has 13 heavy (non-hydrogen) atoms. The van der Waals surface area contributed by atoms with Gasteiger partial charge in [0.1, 0.15) is 12.1 Å². The largest absolute Gasteiger partial charge is 0.481 e. The third kappa shape index (κ3) is 2.74. The molecule has 0 bridgehead atoms. The molecule has 0 aliphatic rings. The van der Waals surface area contributed by atoms with E-state index in [2.05, 4.69) is 21.9 Å². The van der Waals surface area contributed by atoms with Crippen LogP contribution in [0.5, 0.6) is 5.88 Å². The molecule has 4 nitrogen and oxygen atoms in total. The van der Waals surface area contributed by atoms with Gasteiger partial charge in [-0.2, -0.15) is 0 Å². The topological polar surface area (TPSA) is 47.0 Å². The molecule has 0 saturated heterocycles. The summed E-state index contributed by atoms with van der Waals surface area (Å²) in [5.74, 6) is 1.29. The van der Waals surface area contributed by atoms with E-state index in [4.69, 9.17) is 4.74 Å². The van der Waals surface area contributed by atoms with Gasteiger partial charge in [-0.25, -0.2) is 9.97 Å². The fourth-order valence-electron chi connectivity index (χ4n) is 0.822. The van der Waals surface area contributed by atoms with Gasteiger partial charge in [-0.3, -0.25) is 0 Å². The minimum atomic E-state index is 0.180. The zero-order chi connectivity index (χ0) is 9.68. The van der Waals surface area contributed by atoms with Gasteiger partial charge < -0.3 is 10.1 Å². The van der Waals surface area contributed by atoms with Crippen molar-refractivity contribution in [2.45, 2.75) is 13.0 Å². The second kappa shape index (κ2) is 4.45. The van der Waals surface area contributed by atoms with Gasteiger partial charge in [-0.1, -0.05) is 6.08 Å². The third-order valence-electron chi connectivity index (χ3n) is 1.58. The molecule has 0 amide bonds. The fourth-order valence-corrected chi connectivity index (χ4v) is 0.822. The van der Waals surface area contributed by atoms with Crippen molar-refractivity contribution in [3.63, 3.8) is 0 Å². The van der Waals surface area contributed by atoms with Gasteiger partial charge in [0.2, 0.25) is 5.88 Å². The molecule has 4 heteroatoms. The van der Waals surface area contributed by atoms with E-state index < -0.39 is 0 Å². The van der Waals surface area contributed by atoms with Gasteiger partial charge in [0, 0.05) is 12.1 Å². The summed E-state index contributed by atoms with van der Waals surface area (Å²) in [6.45, 7) is 5.65. The summed E-state index contributed by atoms with van der Waals surface area (Å²) in [7, 11) is 1.57. The van der Waals surface area contributed by atoms with Crippen LogP contribution in [0.1, 0.15) is 6.92 Å². The van der Waals surface area contributed by atoms with Crippen molar-refractivity contribution in [3.05, 3.63) is 25.0 Å². The van der Waals surface area contributed by atoms with Crippen LogP contribution in [0.3, 0.4) is 0 Å². The number of nitrogens with one attached hydrogen (secondary N) is 1. The molecule has 0 fully saturated rings. The molecule has 1 rings (SSSR count). The minimum absolute atomic E-state index is 0.180. The lowest BCUT2D eigenvalue weighted by Crippen LogP contribution is -2.12. The van der Waals surface area contributed by atoms with E-state index in [1.54, 1.807) is 19.3 Å². The quantitative estimate of drug-likeness (QED) is 0.711. The molecule has 0 aliphatic heterocycles. The summed E-state index contributed by atoms with van der Waals surface area (Å²) in [6.07, 6.45) is 3.26. The lowest BCUT2D eigenvalue weighted by molar-refractivity contribution is 0.397.